The van der Waals surface area contributed by atoms with Crippen molar-refractivity contribution in [3.63, 3.8) is 0 Å². The van der Waals surface area contributed by atoms with Gasteiger partial charge in [0.05, 0.1) is 5.56 Å². The molecule has 24 heavy (non-hydrogen) atoms. The van der Waals surface area contributed by atoms with E-state index in [0.29, 0.717) is 16.9 Å². The molecule has 0 spiro atoms. The molecule has 1 fully saturated rings. The highest BCUT2D eigenvalue weighted by Crippen LogP contribution is 2.31. The maximum absolute atomic E-state index is 11.9. The predicted molar refractivity (Wildman–Crippen MR) is 89.2 cm³/mol. The normalized spacial score (nSPS) is 20.0. The van der Waals surface area contributed by atoms with Gasteiger partial charge < -0.3 is 9.47 Å². The van der Waals surface area contributed by atoms with Crippen molar-refractivity contribution >= 4 is 17.7 Å². The van der Waals surface area contributed by atoms with Gasteiger partial charge in [-0.3, -0.25) is 14.3 Å². The second kappa shape index (κ2) is 7.06. The summed E-state index contributed by atoms with van der Waals surface area (Å²) in [7, 11) is 0. The van der Waals surface area contributed by atoms with E-state index in [0.717, 1.165) is 0 Å². The summed E-state index contributed by atoms with van der Waals surface area (Å²) >= 11 is 1.45. The molecule has 2 aromatic rings. The zero-order valence-corrected chi connectivity index (χ0v) is 13.7. The molecular weight excluding hydrogens is 332 g/mol. The molecule has 8 heteroatoms. The van der Waals surface area contributed by atoms with Gasteiger partial charge in [-0.2, -0.15) is 0 Å². The Balaban J connectivity index is 1.60. The van der Waals surface area contributed by atoms with Crippen molar-refractivity contribution in [3.8, 4) is 0 Å². The van der Waals surface area contributed by atoms with Crippen LogP contribution in [0.4, 0.5) is 0 Å². The number of nitrogens with zero attached hydrogens (tertiary/aromatic N) is 1. The molecule has 0 unspecified atom stereocenters. The van der Waals surface area contributed by atoms with Crippen molar-refractivity contribution in [1.29, 1.82) is 0 Å². The fraction of sp³-hybridized carbons (Fsp3) is 0.312. The van der Waals surface area contributed by atoms with Gasteiger partial charge in [-0.05, 0) is 19.1 Å². The smallest absolute Gasteiger partial charge is 0.338 e. The van der Waals surface area contributed by atoms with Gasteiger partial charge in [0.15, 0.2) is 0 Å². The van der Waals surface area contributed by atoms with Crippen LogP contribution in [0.25, 0.3) is 0 Å². The molecule has 0 amide bonds. The van der Waals surface area contributed by atoms with Crippen LogP contribution in [0.2, 0.25) is 0 Å². The molecule has 2 atom stereocenters. The Morgan fingerprint density at radius 1 is 1.38 bits per heavy atom. The molecular formula is C16H16N2O5S. The molecule has 0 aliphatic carbocycles. The van der Waals surface area contributed by atoms with Gasteiger partial charge >= 0.3 is 11.7 Å². The number of thioether (sulfide) groups is 1. The number of ether oxygens (including phenoxy) is 2. The van der Waals surface area contributed by atoms with E-state index in [4.69, 9.17) is 9.47 Å². The minimum Gasteiger partial charge on any atom is -0.458 e. The lowest BCUT2D eigenvalue weighted by Gasteiger charge is -2.15. The van der Waals surface area contributed by atoms with Crippen LogP contribution in [0, 0.1) is 6.92 Å². The van der Waals surface area contributed by atoms with Gasteiger partial charge in [-0.15, -0.1) is 11.8 Å². The van der Waals surface area contributed by atoms with Crippen LogP contribution >= 0.6 is 11.8 Å². The van der Waals surface area contributed by atoms with Crippen LogP contribution in [-0.4, -0.2) is 33.3 Å². The van der Waals surface area contributed by atoms with Crippen molar-refractivity contribution in [3.05, 3.63) is 68.5 Å². The number of aromatic amines is 1. The topological polar surface area (TPSA) is 90.4 Å². The van der Waals surface area contributed by atoms with Crippen molar-refractivity contribution in [2.75, 3.05) is 12.4 Å². The SMILES string of the molecule is Cc1cn([C@H]2CS[C@@H](COC(=O)c3ccccc3)O2)c(=O)[nH]c1=O. The average Bonchev–Trinajstić information content (AvgIpc) is 3.05. The second-order valence-electron chi connectivity index (χ2n) is 5.30. The van der Waals surface area contributed by atoms with Crippen LogP contribution in [0.5, 0.6) is 0 Å². The van der Waals surface area contributed by atoms with Gasteiger partial charge in [0.1, 0.15) is 18.3 Å². The first-order valence-corrected chi connectivity index (χ1v) is 8.41. The zero-order chi connectivity index (χ0) is 17.1. The number of carbonyl (C=O) groups is 1. The highest BCUT2D eigenvalue weighted by Gasteiger charge is 2.29. The largest absolute Gasteiger partial charge is 0.458 e. The quantitative estimate of drug-likeness (QED) is 0.838. The van der Waals surface area contributed by atoms with E-state index in [1.54, 1.807) is 31.2 Å². The molecule has 1 aliphatic rings. The molecule has 1 aromatic carbocycles. The number of rotatable bonds is 4. The van der Waals surface area contributed by atoms with E-state index in [1.807, 2.05) is 6.07 Å². The highest BCUT2D eigenvalue weighted by atomic mass is 32.2. The minimum absolute atomic E-state index is 0.0893. The van der Waals surface area contributed by atoms with Crippen LogP contribution in [0.3, 0.4) is 0 Å². The number of nitrogens with one attached hydrogen (secondary N) is 1. The number of esters is 1. The van der Waals surface area contributed by atoms with Gasteiger partial charge in [0.25, 0.3) is 5.56 Å². The third-order valence-corrected chi connectivity index (χ3v) is 4.65. The van der Waals surface area contributed by atoms with Crippen LogP contribution in [-0.2, 0) is 9.47 Å². The molecule has 1 aliphatic heterocycles. The Morgan fingerprint density at radius 2 is 2.12 bits per heavy atom. The van der Waals surface area contributed by atoms with E-state index >= 15 is 0 Å². The van der Waals surface area contributed by atoms with Gasteiger partial charge in [-0.25, -0.2) is 9.59 Å². The summed E-state index contributed by atoms with van der Waals surface area (Å²) in [6.07, 6.45) is 0.976. The molecule has 3 rings (SSSR count). The van der Waals surface area contributed by atoms with E-state index in [9.17, 15) is 14.4 Å². The Hall–Kier alpha value is -2.32. The molecule has 0 bridgehead atoms. The van der Waals surface area contributed by atoms with E-state index in [2.05, 4.69) is 4.98 Å². The monoisotopic (exact) mass is 348 g/mol. The second-order valence-corrected chi connectivity index (χ2v) is 6.49. The van der Waals surface area contributed by atoms with Gasteiger partial charge in [0, 0.05) is 17.5 Å². The molecule has 0 radical (unpaired) electrons. The summed E-state index contributed by atoms with van der Waals surface area (Å²) in [4.78, 5) is 37.4. The van der Waals surface area contributed by atoms with E-state index in [1.165, 1.54) is 22.5 Å². The predicted octanol–water partition coefficient (Wildman–Crippen LogP) is 1.29. The Labute approximate surface area is 141 Å². The summed E-state index contributed by atoms with van der Waals surface area (Å²) in [5.74, 6) is 0.110. The Bertz CT molecular complexity index is 846. The van der Waals surface area contributed by atoms with Crippen molar-refractivity contribution in [2.45, 2.75) is 18.6 Å². The van der Waals surface area contributed by atoms with Crippen LogP contribution in [0.15, 0.2) is 46.1 Å². The fourth-order valence-corrected chi connectivity index (χ4v) is 3.27. The first-order chi connectivity index (χ1) is 11.5. The molecule has 126 valence electrons. The molecule has 1 N–H and O–H groups in total. The zero-order valence-electron chi connectivity index (χ0n) is 12.9. The standard InChI is InChI=1S/C16H16N2O5S/c1-10-7-18(16(21)17-14(10)19)12-9-24-13(23-12)8-22-15(20)11-5-3-2-4-6-11/h2-7,12-13H,8-9H2,1H3,(H,17,19,21)/t12-,13+/m1/s1. The lowest BCUT2D eigenvalue weighted by Crippen LogP contribution is -2.34. The van der Waals surface area contributed by atoms with Crippen molar-refractivity contribution in [2.24, 2.45) is 0 Å². The number of carbonyl (C=O) groups excluding carboxylic acids is 1. The minimum atomic E-state index is -0.516. The lowest BCUT2D eigenvalue weighted by atomic mass is 10.2. The third-order valence-electron chi connectivity index (χ3n) is 3.55. The molecule has 1 aromatic heterocycles. The summed E-state index contributed by atoms with van der Waals surface area (Å²) < 4.78 is 12.3. The van der Waals surface area contributed by atoms with Crippen molar-refractivity contribution in [1.82, 2.24) is 9.55 Å². The third kappa shape index (κ3) is 3.60. The summed E-state index contributed by atoms with van der Waals surface area (Å²) in [6, 6.07) is 8.70. The van der Waals surface area contributed by atoms with Crippen molar-refractivity contribution < 1.29 is 14.3 Å². The van der Waals surface area contributed by atoms with Gasteiger partial charge in [0.2, 0.25) is 0 Å². The lowest BCUT2D eigenvalue weighted by molar-refractivity contribution is -0.0179. The first-order valence-electron chi connectivity index (χ1n) is 7.36. The number of hydrogen-bond acceptors (Lipinski definition) is 6. The van der Waals surface area contributed by atoms with E-state index < -0.39 is 23.4 Å². The fourth-order valence-electron chi connectivity index (χ4n) is 2.28. The summed E-state index contributed by atoms with van der Waals surface area (Å²) in [6.45, 7) is 1.71. The molecule has 0 saturated carbocycles. The van der Waals surface area contributed by atoms with E-state index in [-0.39, 0.29) is 12.0 Å². The highest BCUT2D eigenvalue weighted by molar-refractivity contribution is 8.00. The van der Waals surface area contributed by atoms with Crippen LogP contribution < -0.4 is 11.2 Å². The maximum atomic E-state index is 11.9. The maximum Gasteiger partial charge on any atom is 0.338 e. The molecule has 2 heterocycles. The number of aryl methyl sites for hydroxylation is 1. The summed E-state index contributed by atoms with van der Waals surface area (Å²) in [5, 5.41) is 0. The average molecular weight is 348 g/mol. The van der Waals surface area contributed by atoms with Crippen LogP contribution in [0.1, 0.15) is 22.1 Å². The number of aromatic nitrogens is 2. The number of hydrogen-bond donors (Lipinski definition) is 1. The number of H-pyrrole nitrogens is 1. The Morgan fingerprint density at radius 3 is 2.88 bits per heavy atom. The number of benzene rings is 1. The Kier molecular flexibility index (Phi) is 4.86. The molecule has 1 saturated heterocycles. The first kappa shape index (κ1) is 16.5. The van der Waals surface area contributed by atoms with Gasteiger partial charge in [-0.1, -0.05) is 18.2 Å². The summed E-state index contributed by atoms with van der Waals surface area (Å²) in [5.41, 5.74) is -0.373. The molecule has 7 nitrogen and oxygen atoms in total.